The van der Waals surface area contributed by atoms with Gasteiger partial charge in [0.25, 0.3) is 0 Å². The average molecular weight is 1450 g/mol. The molecular formula is C80H156O17P2. The van der Waals surface area contributed by atoms with Gasteiger partial charge in [-0.3, -0.25) is 37.3 Å². The molecule has 99 heavy (non-hydrogen) atoms. The Morgan fingerprint density at radius 2 is 0.465 bits per heavy atom. The van der Waals surface area contributed by atoms with Gasteiger partial charge in [-0.15, -0.1) is 0 Å². The van der Waals surface area contributed by atoms with Crippen molar-refractivity contribution >= 4 is 39.5 Å². The summed E-state index contributed by atoms with van der Waals surface area (Å²) < 4.78 is 68.7. The van der Waals surface area contributed by atoms with Crippen LogP contribution < -0.4 is 0 Å². The van der Waals surface area contributed by atoms with E-state index in [0.717, 1.165) is 102 Å². The Labute approximate surface area is 607 Å². The van der Waals surface area contributed by atoms with Crippen LogP contribution in [0.1, 0.15) is 420 Å². The number of unbranched alkanes of at least 4 members (excludes halogenated alkanes) is 49. The van der Waals surface area contributed by atoms with E-state index >= 15 is 0 Å². The molecule has 588 valence electrons. The maximum Gasteiger partial charge on any atom is 0.472 e. The molecule has 5 atom stereocenters. The Balaban J connectivity index is 5.27. The van der Waals surface area contributed by atoms with Gasteiger partial charge in [0, 0.05) is 25.7 Å². The fourth-order valence-electron chi connectivity index (χ4n) is 12.4. The second kappa shape index (κ2) is 71.7. The topological polar surface area (TPSA) is 237 Å². The smallest absolute Gasteiger partial charge is 0.462 e. The van der Waals surface area contributed by atoms with Crippen molar-refractivity contribution in [3.63, 3.8) is 0 Å². The minimum atomic E-state index is -4.96. The predicted octanol–water partition coefficient (Wildman–Crippen LogP) is 23.9. The Bertz CT molecular complexity index is 1910. The highest BCUT2D eigenvalue weighted by Gasteiger charge is 2.30. The van der Waals surface area contributed by atoms with E-state index in [1.54, 1.807) is 0 Å². The van der Waals surface area contributed by atoms with Gasteiger partial charge < -0.3 is 33.8 Å². The second-order valence-corrected chi connectivity index (χ2v) is 32.7. The van der Waals surface area contributed by atoms with Crippen molar-refractivity contribution in [1.82, 2.24) is 0 Å². The van der Waals surface area contributed by atoms with Gasteiger partial charge >= 0.3 is 39.5 Å². The lowest BCUT2D eigenvalue weighted by Gasteiger charge is -2.21. The Morgan fingerprint density at radius 1 is 0.273 bits per heavy atom. The lowest BCUT2D eigenvalue weighted by atomic mass is 10.0. The molecule has 0 saturated carbocycles. The third-order valence-corrected chi connectivity index (χ3v) is 20.6. The molecule has 3 N–H and O–H groups in total. The first kappa shape index (κ1) is 97.1. The molecule has 17 nitrogen and oxygen atoms in total. The zero-order valence-electron chi connectivity index (χ0n) is 64.8. The van der Waals surface area contributed by atoms with Gasteiger partial charge in [-0.1, -0.05) is 369 Å². The number of hydrogen-bond donors (Lipinski definition) is 3. The summed E-state index contributed by atoms with van der Waals surface area (Å²) in [5.41, 5.74) is 0. The van der Waals surface area contributed by atoms with Crippen molar-refractivity contribution in [2.45, 2.75) is 439 Å². The van der Waals surface area contributed by atoms with Crippen LogP contribution in [0.3, 0.4) is 0 Å². The molecule has 0 saturated heterocycles. The lowest BCUT2D eigenvalue weighted by molar-refractivity contribution is -0.161. The molecule has 0 aliphatic heterocycles. The van der Waals surface area contributed by atoms with Crippen molar-refractivity contribution in [2.24, 2.45) is 11.8 Å². The molecule has 2 unspecified atom stereocenters. The van der Waals surface area contributed by atoms with Crippen molar-refractivity contribution in [1.29, 1.82) is 0 Å². The molecular weight excluding hydrogens is 1290 g/mol. The summed E-state index contributed by atoms with van der Waals surface area (Å²) in [6, 6.07) is 0. The van der Waals surface area contributed by atoms with Gasteiger partial charge in [-0.05, 0) is 37.5 Å². The molecule has 0 fully saturated rings. The number of hydrogen-bond acceptors (Lipinski definition) is 15. The van der Waals surface area contributed by atoms with E-state index in [0.29, 0.717) is 25.7 Å². The quantitative estimate of drug-likeness (QED) is 0.0222. The van der Waals surface area contributed by atoms with E-state index < -0.39 is 97.5 Å². The van der Waals surface area contributed by atoms with Crippen LogP contribution in [0.2, 0.25) is 0 Å². The van der Waals surface area contributed by atoms with Crippen LogP contribution in [0.25, 0.3) is 0 Å². The van der Waals surface area contributed by atoms with Gasteiger partial charge in [-0.2, -0.15) is 0 Å². The maximum atomic E-state index is 13.1. The van der Waals surface area contributed by atoms with Crippen LogP contribution >= 0.6 is 15.6 Å². The minimum Gasteiger partial charge on any atom is -0.462 e. The number of aliphatic hydroxyl groups is 1. The third-order valence-electron chi connectivity index (χ3n) is 18.7. The number of carbonyl (C=O) groups excluding carboxylic acids is 4. The number of esters is 4. The van der Waals surface area contributed by atoms with Gasteiger partial charge in [0.15, 0.2) is 12.2 Å². The molecule has 0 heterocycles. The molecule has 0 bridgehead atoms. The molecule has 19 heteroatoms. The normalized spacial score (nSPS) is 13.9. The fraction of sp³-hybridized carbons (Fsp3) is 0.950. The molecule has 0 spiro atoms. The molecule has 0 aliphatic carbocycles. The van der Waals surface area contributed by atoms with E-state index in [2.05, 4.69) is 41.5 Å². The SMILES string of the molecule is CCCCCCCCCCCCCCCCCCC(=O)OC[C@H](COP(=O)(O)OC[C@@H](O)COP(=O)(O)OC[C@@H](COC(=O)CCCCCCCCCCCC(C)C)OC(=O)CCCCCCCCCCCCCCCCC)OC(=O)CCCCCCCCCCCCCCCC(C)C. The highest BCUT2D eigenvalue weighted by molar-refractivity contribution is 7.47. The highest BCUT2D eigenvalue weighted by atomic mass is 31.2. The number of ether oxygens (including phenoxy) is 4. The molecule has 0 aromatic rings. The van der Waals surface area contributed by atoms with E-state index in [9.17, 15) is 43.2 Å². The van der Waals surface area contributed by atoms with E-state index in [4.69, 9.17) is 37.0 Å². The Morgan fingerprint density at radius 3 is 0.687 bits per heavy atom. The van der Waals surface area contributed by atoms with Crippen LogP contribution in [0, 0.1) is 11.8 Å². The number of phosphoric ester groups is 2. The minimum absolute atomic E-state index is 0.108. The molecule has 0 aromatic carbocycles. The molecule has 0 amide bonds. The molecule has 0 aromatic heterocycles. The summed E-state index contributed by atoms with van der Waals surface area (Å²) in [5.74, 6) is -0.577. The lowest BCUT2D eigenvalue weighted by Crippen LogP contribution is -2.30. The van der Waals surface area contributed by atoms with Crippen molar-refractivity contribution < 1.29 is 80.2 Å². The van der Waals surface area contributed by atoms with Crippen molar-refractivity contribution in [3.05, 3.63) is 0 Å². The van der Waals surface area contributed by atoms with Crippen molar-refractivity contribution in [3.8, 4) is 0 Å². The van der Waals surface area contributed by atoms with Crippen molar-refractivity contribution in [2.75, 3.05) is 39.6 Å². The van der Waals surface area contributed by atoms with Crippen LogP contribution in [-0.4, -0.2) is 96.7 Å². The summed E-state index contributed by atoms with van der Waals surface area (Å²) in [6.45, 7) is 9.64. The number of aliphatic hydroxyl groups excluding tert-OH is 1. The van der Waals surface area contributed by atoms with Gasteiger partial charge in [0.1, 0.15) is 19.3 Å². The number of phosphoric acid groups is 2. The van der Waals surface area contributed by atoms with Crippen LogP contribution in [-0.2, 0) is 65.4 Å². The first-order chi connectivity index (χ1) is 47.9. The summed E-state index contributed by atoms with van der Waals surface area (Å²) in [5, 5.41) is 10.6. The highest BCUT2D eigenvalue weighted by Crippen LogP contribution is 2.45. The van der Waals surface area contributed by atoms with E-state index in [1.807, 2.05) is 0 Å². The molecule has 0 rings (SSSR count). The Kier molecular flexibility index (Phi) is 70.3. The van der Waals surface area contributed by atoms with Gasteiger partial charge in [0.05, 0.1) is 26.4 Å². The van der Waals surface area contributed by atoms with Gasteiger partial charge in [-0.25, -0.2) is 9.13 Å². The van der Waals surface area contributed by atoms with Crippen LogP contribution in [0.4, 0.5) is 0 Å². The molecule has 0 radical (unpaired) electrons. The maximum absolute atomic E-state index is 13.1. The second-order valence-electron chi connectivity index (χ2n) is 29.8. The monoisotopic (exact) mass is 1450 g/mol. The summed E-state index contributed by atoms with van der Waals surface area (Å²) in [4.78, 5) is 73.0. The van der Waals surface area contributed by atoms with Crippen LogP contribution in [0.15, 0.2) is 0 Å². The predicted molar refractivity (Wildman–Crippen MR) is 405 cm³/mol. The first-order valence-electron chi connectivity index (χ1n) is 41.5. The third kappa shape index (κ3) is 74.1. The van der Waals surface area contributed by atoms with E-state index in [1.165, 1.54) is 238 Å². The fourth-order valence-corrected chi connectivity index (χ4v) is 13.9. The standard InChI is InChI=1S/C80H156O17P2/c1-7-9-11-13-15-17-19-21-23-25-28-32-38-44-50-56-62-77(82)90-68-75(96-80(85)65-59-53-47-40-34-30-26-27-31-36-42-48-54-60-72(3)4)70-94-98(86,87)92-66-74(81)67-93-99(88,89)95-71-76(69-91-78(83)63-57-51-45-41-35-37-43-49-55-61-73(5)6)97-79(84)64-58-52-46-39-33-29-24-22-20-18-16-14-12-10-8-2/h72-76,81H,7-71H2,1-6H3,(H,86,87)(H,88,89)/t74-,75-,76-/m1/s1. The Hall–Kier alpha value is -1.94. The van der Waals surface area contributed by atoms with E-state index in [-0.39, 0.29) is 25.7 Å². The van der Waals surface area contributed by atoms with Gasteiger partial charge in [0.2, 0.25) is 0 Å². The number of carbonyl (C=O) groups is 4. The average Bonchev–Trinajstić information content (AvgIpc) is 1.10. The molecule has 0 aliphatic rings. The summed E-state index contributed by atoms with van der Waals surface area (Å²) >= 11 is 0. The first-order valence-corrected chi connectivity index (χ1v) is 44.5. The van der Waals surface area contributed by atoms with Crippen LogP contribution in [0.5, 0.6) is 0 Å². The largest absolute Gasteiger partial charge is 0.472 e. The number of rotatable bonds is 79. The zero-order valence-corrected chi connectivity index (χ0v) is 66.6. The summed E-state index contributed by atoms with van der Waals surface area (Å²) in [6.07, 6.45) is 60.9. The zero-order chi connectivity index (χ0) is 72.8. The summed E-state index contributed by atoms with van der Waals surface area (Å²) in [7, 11) is -9.92.